The van der Waals surface area contributed by atoms with Crippen molar-refractivity contribution in [3.63, 3.8) is 0 Å². The van der Waals surface area contributed by atoms with Gasteiger partial charge in [0.05, 0.1) is 17.8 Å². The van der Waals surface area contributed by atoms with Crippen molar-refractivity contribution in [3.05, 3.63) is 72.4 Å². The molecule has 0 bridgehead atoms. The number of hydrogen-bond acceptors (Lipinski definition) is 4. The summed E-state index contributed by atoms with van der Waals surface area (Å²) in [6.45, 7) is 2.64. The molecule has 3 rings (SSSR count). The van der Waals surface area contributed by atoms with E-state index in [0.717, 1.165) is 22.2 Å². The lowest BCUT2D eigenvalue weighted by Gasteiger charge is -2.12. The minimum atomic E-state index is -0.369. The molecule has 2 aromatic carbocycles. The fourth-order valence-electron chi connectivity index (χ4n) is 2.80. The summed E-state index contributed by atoms with van der Waals surface area (Å²) in [5.41, 5.74) is 3.59. The molecular weight excluding hydrogens is 328 g/mol. The van der Waals surface area contributed by atoms with Crippen molar-refractivity contribution in [3.8, 4) is 0 Å². The van der Waals surface area contributed by atoms with Crippen molar-refractivity contribution in [1.82, 2.24) is 4.57 Å². The minimum Gasteiger partial charge on any atom is -0.463 e. The number of carbonyl (C=O) groups excluding carboxylic acids is 1. The summed E-state index contributed by atoms with van der Waals surface area (Å²) in [7, 11) is 1.67. The Labute approximate surface area is 152 Å². The lowest BCUT2D eigenvalue weighted by atomic mass is 10.1. The Morgan fingerprint density at radius 2 is 1.96 bits per heavy atom. The zero-order chi connectivity index (χ0) is 18.4. The van der Waals surface area contributed by atoms with Crippen LogP contribution in [0.1, 0.15) is 12.5 Å². The average Bonchev–Trinajstić information content (AvgIpc) is 3.05. The molecule has 0 fully saturated rings. The number of aromatic nitrogens is 1. The quantitative estimate of drug-likeness (QED) is 0.511. The fraction of sp³-hybridized carbons (Fsp3) is 0.190. The number of fused-ring (bicyclic) bond motifs is 1. The summed E-state index contributed by atoms with van der Waals surface area (Å²) >= 11 is 0. The monoisotopic (exact) mass is 350 g/mol. The molecule has 0 radical (unpaired) electrons. The van der Waals surface area contributed by atoms with E-state index < -0.39 is 0 Å². The van der Waals surface area contributed by atoms with E-state index in [4.69, 9.17) is 9.47 Å². The molecule has 0 aliphatic carbocycles. The van der Waals surface area contributed by atoms with Gasteiger partial charge in [-0.1, -0.05) is 30.3 Å². The highest BCUT2D eigenvalue weighted by Gasteiger charge is 2.08. The van der Waals surface area contributed by atoms with Crippen molar-refractivity contribution < 1.29 is 14.3 Å². The highest BCUT2D eigenvalue weighted by atomic mass is 16.5. The van der Waals surface area contributed by atoms with Crippen LogP contribution in [-0.4, -0.2) is 24.3 Å². The highest BCUT2D eigenvalue weighted by Crippen LogP contribution is 2.24. The second-order valence-corrected chi connectivity index (χ2v) is 5.78. The number of carbonyl (C=O) groups is 1. The summed E-state index contributed by atoms with van der Waals surface area (Å²) < 4.78 is 12.3. The summed E-state index contributed by atoms with van der Waals surface area (Å²) in [6.07, 6.45) is 3.48. The van der Waals surface area contributed by atoms with Crippen LogP contribution in [0.25, 0.3) is 16.6 Å². The molecule has 5 nitrogen and oxygen atoms in total. The third-order valence-electron chi connectivity index (χ3n) is 3.95. The van der Waals surface area contributed by atoms with E-state index in [1.165, 1.54) is 6.08 Å². The number of esters is 1. The maximum absolute atomic E-state index is 11.9. The summed E-state index contributed by atoms with van der Waals surface area (Å²) in [5, 5.41) is 4.43. The molecule has 1 heterocycles. The second kappa shape index (κ2) is 8.36. The van der Waals surface area contributed by atoms with Crippen molar-refractivity contribution in [1.29, 1.82) is 0 Å². The van der Waals surface area contributed by atoms with E-state index in [-0.39, 0.29) is 5.97 Å². The van der Waals surface area contributed by atoms with Gasteiger partial charge in [-0.15, -0.1) is 0 Å². The summed E-state index contributed by atoms with van der Waals surface area (Å²) in [6, 6.07) is 17.8. The van der Waals surface area contributed by atoms with Gasteiger partial charge in [0.25, 0.3) is 0 Å². The van der Waals surface area contributed by atoms with Crippen LogP contribution in [0.4, 0.5) is 5.69 Å². The van der Waals surface area contributed by atoms with Crippen molar-refractivity contribution in [2.75, 3.05) is 19.0 Å². The first-order valence-corrected chi connectivity index (χ1v) is 8.50. The van der Waals surface area contributed by atoms with E-state index in [1.54, 1.807) is 14.0 Å². The molecular formula is C21H22N2O3. The number of nitrogens with one attached hydrogen (secondary N) is 1. The van der Waals surface area contributed by atoms with Gasteiger partial charge in [0.2, 0.25) is 0 Å². The Morgan fingerprint density at radius 1 is 1.15 bits per heavy atom. The maximum Gasteiger partial charge on any atom is 0.332 e. The second-order valence-electron chi connectivity index (χ2n) is 5.78. The molecule has 0 amide bonds. The molecule has 0 aliphatic heterocycles. The van der Waals surface area contributed by atoms with Gasteiger partial charge in [0.1, 0.15) is 6.73 Å². The van der Waals surface area contributed by atoms with Gasteiger partial charge in [-0.25, -0.2) is 4.79 Å². The van der Waals surface area contributed by atoms with Crippen LogP contribution in [0, 0.1) is 0 Å². The van der Waals surface area contributed by atoms with Crippen LogP contribution >= 0.6 is 0 Å². The van der Waals surface area contributed by atoms with Gasteiger partial charge in [0.15, 0.2) is 0 Å². The van der Waals surface area contributed by atoms with Crippen LogP contribution in [-0.2, 0) is 21.0 Å². The van der Waals surface area contributed by atoms with E-state index in [1.807, 2.05) is 65.4 Å². The number of ether oxygens (including phenoxy) is 2. The Kier molecular flexibility index (Phi) is 5.71. The molecule has 5 heteroatoms. The van der Waals surface area contributed by atoms with Gasteiger partial charge in [-0.05, 0) is 36.8 Å². The molecule has 0 atom stereocenters. The highest BCUT2D eigenvalue weighted by molar-refractivity contribution is 5.95. The summed E-state index contributed by atoms with van der Waals surface area (Å²) in [4.78, 5) is 11.9. The van der Waals surface area contributed by atoms with Crippen LogP contribution in [0.3, 0.4) is 0 Å². The fourth-order valence-corrected chi connectivity index (χ4v) is 2.80. The van der Waals surface area contributed by atoms with Crippen LogP contribution < -0.4 is 5.32 Å². The Bertz CT molecular complexity index is 913. The largest absolute Gasteiger partial charge is 0.463 e. The van der Waals surface area contributed by atoms with E-state index in [2.05, 4.69) is 5.32 Å². The smallest absolute Gasteiger partial charge is 0.332 e. The first-order valence-electron chi connectivity index (χ1n) is 8.50. The number of rotatable bonds is 7. The molecule has 3 aromatic rings. The number of nitrogens with zero attached hydrogens (tertiary/aromatic N) is 1. The van der Waals surface area contributed by atoms with Gasteiger partial charge in [-0.2, -0.15) is 0 Å². The third-order valence-corrected chi connectivity index (χ3v) is 3.95. The van der Waals surface area contributed by atoms with E-state index in [9.17, 15) is 4.79 Å². The van der Waals surface area contributed by atoms with Crippen LogP contribution in [0.15, 0.2) is 66.9 Å². The molecule has 0 saturated carbocycles. The number of hydrogen-bond donors (Lipinski definition) is 1. The molecule has 1 N–H and O–H groups in total. The van der Waals surface area contributed by atoms with Gasteiger partial charge in [0, 0.05) is 30.5 Å². The van der Waals surface area contributed by atoms with Gasteiger partial charge in [-0.3, -0.25) is 0 Å². The first-order chi connectivity index (χ1) is 12.7. The molecule has 0 spiro atoms. The lowest BCUT2D eigenvalue weighted by Crippen LogP contribution is -2.06. The Hall–Kier alpha value is -3.05. The topological polar surface area (TPSA) is 52.5 Å². The molecule has 0 unspecified atom stereocenters. The number of anilines is 1. The number of benzene rings is 2. The predicted molar refractivity (Wildman–Crippen MR) is 104 cm³/mol. The van der Waals surface area contributed by atoms with Crippen LogP contribution in [0.2, 0.25) is 0 Å². The van der Waals surface area contributed by atoms with E-state index in [0.29, 0.717) is 19.0 Å². The molecule has 26 heavy (non-hydrogen) atoms. The standard InChI is InChI=1S/C21H22N2O3/c1-3-26-21(24)14-19(16-7-5-4-6-8-16)22-18-9-10-20-17(13-18)11-12-23(20)15-25-2/h4-14,22H,3,15H2,1-2H3/b19-14+. The first kappa shape index (κ1) is 17.8. The lowest BCUT2D eigenvalue weighted by molar-refractivity contribution is -0.137. The van der Waals surface area contributed by atoms with Crippen LogP contribution in [0.5, 0.6) is 0 Å². The van der Waals surface area contributed by atoms with E-state index >= 15 is 0 Å². The van der Waals surface area contributed by atoms with Crippen molar-refractivity contribution in [2.24, 2.45) is 0 Å². The van der Waals surface area contributed by atoms with Crippen molar-refractivity contribution in [2.45, 2.75) is 13.7 Å². The average molecular weight is 350 g/mol. The normalized spacial score (nSPS) is 11.5. The molecule has 0 aliphatic rings. The minimum absolute atomic E-state index is 0.344. The number of methoxy groups -OCH3 is 1. The zero-order valence-electron chi connectivity index (χ0n) is 14.9. The maximum atomic E-state index is 11.9. The molecule has 0 saturated heterocycles. The predicted octanol–water partition coefficient (Wildman–Crippen LogP) is 4.26. The Balaban J connectivity index is 1.91. The van der Waals surface area contributed by atoms with Gasteiger partial charge >= 0.3 is 5.97 Å². The van der Waals surface area contributed by atoms with Gasteiger partial charge < -0.3 is 19.4 Å². The van der Waals surface area contributed by atoms with Crippen molar-refractivity contribution >= 4 is 28.3 Å². The third kappa shape index (κ3) is 4.13. The zero-order valence-corrected chi connectivity index (χ0v) is 14.9. The molecule has 134 valence electrons. The SMILES string of the molecule is CCOC(=O)/C=C(/Nc1ccc2c(ccn2COC)c1)c1ccccc1. The molecule has 1 aromatic heterocycles. The summed E-state index contributed by atoms with van der Waals surface area (Å²) in [5.74, 6) is -0.369. The Morgan fingerprint density at radius 3 is 2.69 bits per heavy atom.